The average Bonchev–Trinajstić information content (AvgIpc) is 3.29. The predicted octanol–water partition coefficient (Wildman–Crippen LogP) is 3.02. The molecule has 5 rings (SSSR count). The first kappa shape index (κ1) is 20.1. The molecule has 8 heteroatoms. The van der Waals surface area contributed by atoms with Crippen molar-refractivity contribution in [1.29, 1.82) is 0 Å². The van der Waals surface area contributed by atoms with E-state index in [2.05, 4.69) is 36.9 Å². The molecule has 1 aromatic carbocycles. The molecule has 0 N–H and O–H groups in total. The largest absolute Gasteiger partial charge is 0.467 e. The molecule has 0 bridgehead atoms. The number of hydrogen-bond donors (Lipinski definition) is 0. The molecule has 1 atom stereocenters. The highest BCUT2D eigenvalue weighted by atomic mass is 16.5. The lowest BCUT2D eigenvalue weighted by Gasteiger charge is -2.39. The maximum Gasteiger partial charge on any atom is 0.316 e. The lowest BCUT2D eigenvalue weighted by molar-refractivity contribution is -0.115. The van der Waals surface area contributed by atoms with Gasteiger partial charge in [0.05, 0.1) is 18.8 Å². The topological polar surface area (TPSA) is 76.4 Å². The fourth-order valence-corrected chi connectivity index (χ4v) is 4.33. The summed E-state index contributed by atoms with van der Waals surface area (Å²) in [4.78, 5) is 29.4. The summed E-state index contributed by atoms with van der Waals surface area (Å²) in [7, 11) is 1.56. The van der Waals surface area contributed by atoms with Crippen LogP contribution in [-0.4, -0.2) is 64.0 Å². The average molecular weight is 428 g/mol. The predicted molar refractivity (Wildman–Crippen MR) is 123 cm³/mol. The maximum absolute atomic E-state index is 12.1. The number of piperazine rings is 1. The first-order valence-electron chi connectivity index (χ1n) is 10.6. The van der Waals surface area contributed by atoms with Gasteiger partial charge in [0.1, 0.15) is 6.17 Å². The van der Waals surface area contributed by atoms with E-state index in [0.29, 0.717) is 6.01 Å². The van der Waals surface area contributed by atoms with Crippen molar-refractivity contribution >= 4 is 22.9 Å². The van der Waals surface area contributed by atoms with Gasteiger partial charge < -0.3 is 14.2 Å². The van der Waals surface area contributed by atoms with Gasteiger partial charge in [-0.15, -0.1) is 0 Å². The first-order valence-corrected chi connectivity index (χ1v) is 10.6. The van der Waals surface area contributed by atoms with Crippen LogP contribution in [0.15, 0.2) is 67.4 Å². The van der Waals surface area contributed by atoms with Crippen LogP contribution in [0, 0.1) is 0 Å². The summed E-state index contributed by atoms with van der Waals surface area (Å²) in [6.45, 7) is 3.18. The van der Waals surface area contributed by atoms with E-state index < -0.39 is 0 Å². The highest BCUT2D eigenvalue weighted by molar-refractivity contribution is 5.80. The molecule has 1 saturated heterocycles. The number of pyridine rings is 1. The van der Waals surface area contributed by atoms with Gasteiger partial charge in [-0.1, -0.05) is 18.2 Å². The molecular formula is C24H24N6O2. The van der Waals surface area contributed by atoms with E-state index in [1.165, 1.54) is 0 Å². The van der Waals surface area contributed by atoms with Crippen LogP contribution >= 0.6 is 0 Å². The molecule has 162 valence electrons. The minimum atomic E-state index is -0.343. The highest BCUT2D eigenvalue weighted by Gasteiger charge is 2.26. The van der Waals surface area contributed by atoms with Crippen LogP contribution in [0.2, 0.25) is 0 Å². The summed E-state index contributed by atoms with van der Waals surface area (Å²) in [5.74, 6) is 0. The van der Waals surface area contributed by atoms with E-state index >= 15 is 0 Å². The Morgan fingerprint density at radius 3 is 2.53 bits per heavy atom. The molecule has 0 radical (unpaired) electrons. The van der Waals surface area contributed by atoms with Gasteiger partial charge in [-0.05, 0) is 18.2 Å². The zero-order valence-electron chi connectivity index (χ0n) is 17.8. The van der Waals surface area contributed by atoms with Crippen LogP contribution in [-0.2, 0) is 4.79 Å². The van der Waals surface area contributed by atoms with Crippen molar-refractivity contribution in [3.05, 3.63) is 67.4 Å². The Balaban J connectivity index is 1.35. The number of rotatable bonds is 6. The maximum atomic E-state index is 12.1. The fraction of sp³-hybridized carbons (Fsp3) is 0.250. The summed E-state index contributed by atoms with van der Waals surface area (Å²) < 4.78 is 7.09. The van der Waals surface area contributed by atoms with E-state index in [1.54, 1.807) is 25.7 Å². The molecule has 1 unspecified atom stereocenters. The van der Waals surface area contributed by atoms with Gasteiger partial charge in [0.2, 0.25) is 0 Å². The van der Waals surface area contributed by atoms with Crippen molar-refractivity contribution in [3.63, 3.8) is 0 Å². The number of carbonyl (C=O) groups excluding carboxylic acids is 1. The number of anilines is 1. The van der Waals surface area contributed by atoms with Gasteiger partial charge in [0, 0.05) is 73.2 Å². The number of methoxy groups -OCH3 is 1. The van der Waals surface area contributed by atoms with Gasteiger partial charge in [-0.25, -0.2) is 9.97 Å². The molecule has 0 aliphatic carbocycles. The van der Waals surface area contributed by atoms with Crippen molar-refractivity contribution in [1.82, 2.24) is 24.4 Å². The number of fused-ring (bicyclic) bond motifs is 1. The van der Waals surface area contributed by atoms with Gasteiger partial charge in [0.15, 0.2) is 6.29 Å². The van der Waals surface area contributed by atoms with Crippen LogP contribution in [0.4, 0.5) is 5.69 Å². The highest BCUT2D eigenvalue weighted by Crippen LogP contribution is 2.32. The number of aldehydes is 1. The van der Waals surface area contributed by atoms with Crippen molar-refractivity contribution in [2.75, 3.05) is 38.2 Å². The van der Waals surface area contributed by atoms with E-state index in [-0.39, 0.29) is 6.17 Å². The van der Waals surface area contributed by atoms with Crippen molar-refractivity contribution in [2.45, 2.75) is 6.17 Å². The first-order chi connectivity index (χ1) is 15.8. The molecule has 4 aromatic rings. The molecule has 3 aromatic heterocycles. The van der Waals surface area contributed by atoms with Gasteiger partial charge in [-0.2, -0.15) is 0 Å². The molecule has 8 nitrogen and oxygen atoms in total. The standard InChI is InChI=1S/C24H24N6O2/c1-32-24-26-14-19(15-27-24)20-4-2-3-5-21(20)28-10-12-29(13-11-28)23(17-31)30-9-7-18-6-8-25-16-22(18)30/h2-9,14-17,23H,10-13H2,1H3. The molecule has 4 heterocycles. The zero-order chi connectivity index (χ0) is 21.9. The number of ether oxygens (including phenoxy) is 1. The van der Waals surface area contributed by atoms with Crippen LogP contribution in [0.5, 0.6) is 6.01 Å². The fourth-order valence-electron chi connectivity index (χ4n) is 4.33. The number of nitrogens with zero attached hydrogens (tertiary/aromatic N) is 6. The van der Waals surface area contributed by atoms with Crippen LogP contribution in [0.3, 0.4) is 0 Å². The summed E-state index contributed by atoms with van der Waals surface area (Å²) in [6, 6.07) is 12.6. The minimum Gasteiger partial charge on any atom is -0.467 e. The number of aromatic nitrogens is 4. The second-order valence-corrected chi connectivity index (χ2v) is 7.71. The van der Waals surface area contributed by atoms with E-state index in [0.717, 1.165) is 60.2 Å². The molecule has 1 aliphatic heterocycles. The third-order valence-electron chi connectivity index (χ3n) is 5.99. The second kappa shape index (κ2) is 8.76. The Bertz CT molecular complexity index is 1210. The number of benzene rings is 1. The lowest BCUT2D eigenvalue weighted by atomic mass is 10.1. The molecule has 0 saturated carbocycles. The molecule has 32 heavy (non-hydrogen) atoms. The Labute approximate surface area is 186 Å². The van der Waals surface area contributed by atoms with Crippen molar-refractivity contribution < 1.29 is 9.53 Å². The van der Waals surface area contributed by atoms with E-state index in [1.807, 2.05) is 41.2 Å². The Morgan fingerprint density at radius 1 is 1.00 bits per heavy atom. The van der Waals surface area contributed by atoms with Crippen molar-refractivity contribution in [2.24, 2.45) is 0 Å². The number of carbonyl (C=O) groups is 1. The van der Waals surface area contributed by atoms with Crippen LogP contribution < -0.4 is 9.64 Å². The van der Waals surface area contributed by atoms with Gasteiger partial charge >= 0.3 is 6.01 Å². The summed E-state index contributed by atoms with van der Waals surface area (Å²) >= 11 is 0. The zero-order valence-corrected chi connectivity index (χ0v) is 17.8. The van der Waals surface area contributed by atoms with Gasteiger partial charge in [0.25, 0.3) is 0 Å². The van der Waals surface area contributed by atoms with E-state index in [9.17, 15) is 4.79 Å². The monoisotopic (exact) mass is 428 g/mol. The molecule has 0 spiro atoms. The summed E-state index contributed by atoms with van der Waals surface area (Å²) in [5, 5.41) is 1.08. The Morgan fingerprint density at radius 2 is 1.78 bits per heavy atom. The second-order valence-electron chi connectivity index (χ2n) is 7.71. The molecule has 0 amide bonds. The molecule has 1 fully saturated rings. The van der Waals surface area contributed by atoms with Crippen LogP contribution in [0.25, 0.3) is 22.0 Å². The third kappa shape index (κ3) is 3.69. The Kier molecular flexibility index (Phi) is 5.51. The number of hydrogen-bond acceptors (Lipinski definition) is 7. The van der Waals surface area contributed by atoms with Crippen molar-refractivity contribution in [3.8, 4) is 17.1 Å². The van der Waals surface area contributed by atoms with E-state index in [4.69, 9.17) is 4.74 Å². The molecular weight excluding hydrogens is 404 g/mol. The summed E-state index contributed by atoms with van der Waals surface area (Å²) in [6.07, 6.45) is 9.80. The molecule has 1 aliphatic rings. The SMILES string of the molecule is COc1ncc(-c2ccccc2N2CCN(C(C=O)n3ccc4ccncc43)CC2)cn1. The lowest BCUT2D eigenvalue weighted by Crippen LogP contribution is -2.49. The summed E-state index contributed by atoms with van der Waals surface area (Å²) in [5.41, 5.74) is 4.13. The quantitative estimate of drug-likeness (QED) is 0.437. The minimum absolute atomic E-state index is 0.343. The number of para-hydroxylation sites is 1. The normalized spacial score (nSPS) is 15.6. The van der Waals surface area contributed by atoms with Gasteiger partial charge in [-0.3, -0.25) is 14.7 Å². The Hall–Kier alpha value is -3.78. The third-order valence-corrected chi connectivity index (χ3v) is 5.99. The van der Waals surface area contributed by atoms with Crippen LogP contribution in [0.1, 0.15) is 6.17 Å². The smallest absolute Gasteiger partial charge is 0.316 e.